The predicted molar refractivity (Wildman–Crippen MR) is 71.2 cm³/mol. The van der Waals surface area contributed by atoms with Crippen LogP contribution in [-0.2, 0) is 11.3 Å². The fourth-order valence-electron chi connectivity index (χ4n) is 2.01. The summed E-state index contributed by atoms with van der Waals surface area (Å²) >= 11 is 0. The smallest absolute Gasteiger partial charge is 0.309 e. The summed E-state index contributed by atoms with van der Waals surface area (Å²) in [5.41, 5.74) is 2.27. The van der Waals surface area contributed by atoms with Gasteiger partial charge in [-0.1, -0.05) is 12.1 Å². The van der Waals surface area contributed by atoms with Crippen LogP contribution in [0.4, 0.5) is 5.69 Å². The molecule has 0 atom stereocenters. The Hall–Kier alpha value is -2.34. The third kappa shape index (κ3) is 2.43. The summed E-state index contributed by atoms with van der Waals surface area (Å²) in [5.74, 6) is 1.11. The fourth-order valence-corrected chi connectivity index (χ4v) is 2.01. The number of ether oxygens (including phenoxy) is 1. The van der Waals surface area contributed by atoms with Gasteiger partial charge < -0.3 is 9.39 Å². The maximum atomic E-state index is 10.7. The van der Waals surface area contributed by atoms with Gasteiger partial charge in [-0.15, -0.1) is 0 Å². The Kier molecular flexibility index (Phi) is 2.93. The van der Waals surface area contributed by atoms with E-state index in [1.807, 2.05) is 18.2 Å². The van der Waals surface area contributed by atoms with E-state index in [0.29, 0.717) is 25.6 Å². The van der Waals surface area contributed by atoms with Gasteiger partial charge in [0.1, 0.15) is 11.5 Å². The monoisotopic (exact) mass is 255 g/mol. The molecule has 0 spiro atoms. The lowest BCUT2D eigenvalue weighted by atomic mass is 9.87. The quantitative estimate of drug-likeness (QED) is 0.477. The second-order valence-corrected chi connectivity index (χ2v) is 4.28. The third-order valence-corrected chi connectivity index (χ3v) is 2.96. The molecule has 0 saturated heterocycles. The van der Waals surface area contributed by atoms with Crippen LogP contribution in [0.2, 0.25) is 0 Å². The van der Waals surface area contributed by atoms with E-state index in [4.69, 9.17) is 9.39 Å². The lowest BCUT2D eigenvalue weighted by Gasteiger charge is -2.07. The van der Waals surface area contributed by atoms with Gasteiger partial charge in [-0.2, -0.15) is 0 Å². The number of fused-ring (bicyclic) bond motifs is 1. The second kappa shape index (κ2) is 4.74. The molecule has 2 aromatic carbocycles. The van der Waals surface area contributed by atoms with Gasteiger partial charge in [0.25, 0.3) is 5.69 Å². The van der Waals surface area contributed by atoms with Crippen LogP contribution in [0.1, 0.15) is 5.56 Å². The standard InChI is InChI=1S/C13H10BNO4/c16-15(17)10-2-1-3-11(7-10)19-12-4-5-13-9(6-12)8-18-14-13/h1-7,14H,8H2. The zero-order valence-electron chi connectivity index (χ0n) is 10.0. The molecule has 1 aliphatic heterocycles. The molecule has 5 nitrogen and oxygen atoms in total. The van der Waals surface area contributed by atoms with Gasteiger partial charge in [-0.05, 0) is 29.2 Å². The Morgan fingerprint density at radius 1 is 1.21 bits per heavy atom. The molecule has 0 fully saturated rings. The lowest BCUT2D eigenvalue weighted by Crippen LogP contribution is -2.10. The first-order valence-electron chi connectivity index (χ1n) is 5.84. The summed E-state index contributed by atoms with van der Waals surface area (Å²) in [5, 5.41) is 10.7. The minimum absolute atomic E-state index is 0.0157. The van der Waals surface area contributed by atoms with Crippen LogP contribution in [0.5, 0.6) is 11.5 Å². The molecule has 0 amide bonds. The molecule has 0 aliphatic carbocycles. The molecule has 3 rings (SSSR count). The third-order valence-electron chi connectivity index (χ3n) is 2.96. The van der Waals surface area contributed by atoms with E-state index >= 15 is 0 Å². The fraction of sp³-hybridized carbons (Fsp3) is 0.0769. The number of nitrogens with zero attached hydrogens (tertiary/aromatic N) is 1. The van der Waals surface area contributed by atoms with Crippen LogP contribution in [0.25, 0.3) is 0 Å². The molecule has 1 heterocycles. The van der Waals surface area contributed by atoms with E-state index in [9.17, 15) is 10.1 Å². The summed E-state index contributed by atoms with van der Waals surface area (Å²) in [6, 6.07) is 11.8. The molecule has 0 radical (unpaired) electrons. The van der Waals surface area contributed by atoms with Gasteiger partial charge in [-0.25, -0.2) is 0 Å². The van der Waals surface area contributed by atoms with E-state index in [-0.39, 0.29) is 5.69 Å². The number of benzene rings is 2. The highest BCUT2D eigenvalue weighted by molar-refractivity contribution is 6.48. The molecule has 0 saturated carbocycles. The Morgan fingerprint density at radius 2 is 2.05 bits per heavy atom. The van der Waals surface area contributed by atoms with Crippen LogP contribution < -0.4 is 10.2 Å². The average Bonchev–Trinajstić information content (AvgIpc) is 2.86. The number of nitro benzene ring substituents is 1. The van der Waals surface area contributed by atoms with Crippen LogP contribution in [0, 0.1) is 10.1 Å². The van der Waals surface area contributed by atoms with Crippen molar-refractivity contribution in [1.29, 1.82) is 0 Å². The van der Waals surface area contributed by atoms with Crippen molar-refractivity contribution in [3.8, 4) is 11.5 Å². The minimum Gasteiger partial charge on any atom is -0.457 e. The number of non-ortho nitro benzene ring substituents is 1. The number of rotatable bonds is 3. The predicted octanol–water partition coefficient (Wildman–Crippen LogP) is 1.89. The van der Waals surface area contributed by atoms with Gasteiger partial charge in [0.2, 0.25) is 0 Å². The van der Waals surface area contributed by atoms with E-state index < -0.39 is 4.92 Å². The van der Waals surface area contributed by atoms with Crippen LogP contribution in [0.3, 0.4) is 0 Å². The second-order valence-electron chi connectivity index (χ2n) is 4.28. The van der Waals surface area contributed by atoms with Crippen molar-refractivity contribution in [2.24, 2.45) is 0 Å². The molecule has 0 aromatic heterocycles. The van der Waals surface area contributed by atoms with Gasteiger partial charge in [-0.3, -0.25) is 10.1 Å². The van der Waals surface area contributed by atoms with E-state index in [1.165, 1.54) is 12.1 Å². The molecule has 2 aromatic rings. The molecule has 94 valence electrons. The molecule has 6 heteroatoms. The Morgan fingerprint density at radius 3 is 2.89 bits per heavy atom. The average molecular weight is 255 g/mol. The van der Waals surface area contributed by atoms with Crippen molar-refractivity contribution in [2.45, 2.75) is 6.61 Å². The first-order valence-corrected chi connectivity index (χ1v) is 5.84. The Bertz CT molecular complexity index is 644. The SMILES string of the molecule is O=[N+]([O-])c1cccc(Oc2ccc3c(c2)COB3)c1. The Balaban J connectivity index is 1.85. The largest absolute Gasteiger partial charge is 0.457 e. The molecular weight excluding hydrogens is 245 g/mol. The van der Waals surface area contributed by atoms with Gasteiger partial charge >= 0.3 is 7.48 Å². The van der Waals surface area contributed by atoms with Crippen molar-refractivity contribution >= 4 is 18.6 Å². The highest BCUT2D eigenvalue weighted by Crippen LogP contribution is 2.26. The topological polar surface area (TPSA) is 61.6 Å². The molecule has 0 bridgehead atoms. The number of nitro groups is 1. The van der Waals surface area contributed by atoms with Crippen molar-refractivity contribution < 1.29 is 14.3 Å². The highest BCUT2D eigenvalue weighted by atomic mass is 16.6. The van der Waals surface area contributed by atoms with Crippen molar-refractivity contribution in [3.05, 3.63) is 58.1 Å². The van der Waals surface area contributed by atoms with Crippen molar-refractivity contribution in [1.82, 2.24) is 0 Å². The highest BCUT2D eigenvalue weighted by Gasteiger charge is 2.14. The number of hydrogen-bond acceptors (Lipinski definition) is 4. The zero-order valence-corrected chi connectivity index (χ0v) is 10.0. The van der Waals surface area contributed by atoms with E-state index in [2.05, 4.69) is 0 Å². The van der Waals surface area contributed by atoms with Crippen LogP contribution in [0.15, 0.2) is 42.5 Å². The van der Waals surface area contributed by atoms with Gasteiger partial charge in [0.05, 0.1) is 17.6 Å². The summed E-state index contributed by atoms with van der Waals surface area (Å²) in [6.45, 7) is 0.585. The summed E-state index contributed by atoms with van der Waals surface area (Å²) in [7, 11) is 0.631. The summed E-state index contributed by atoms with van der Waals surface area (Å²) in [4.78, 5) is 10.3. The molecule has 19 heavy (non-hydrogen) atoms. The van der Waals surface area contributed by atoms with E-state index in [1.54, 1.807) is 12.1 Å². The first-order chi connectivity index (χ1) is 9.22. The van der Waals surface area contributed by atoms with Gasteiger partial charge in [0, 0.05) is 6.07 Å². The zero-order chi connectivity index (χ0) is 13.2. The maximum Gasteiger partial charge on any atom is 0.309 e. The minimum atomic E-state index is -0.441. The van der Waals surface area contributed by atoms with Crippen molar-refractivity contribution in [2.75, 3.05) is 0 Å². The number of hydrogen-bond donors (Lipinski definition) is 0. The summed E-state index contributed by atoms with van der Waals surface area (Å²) < 4.78 is 11.0. The Labute approximate surface area is 110 Å². The lowest BCUT2D eigenvalue weighted by molar-refractivity contribution is -0.384. The van der Waals surface area contributed by atoms with Gasteiger partial charge in [0.15, 0.2) is 0 Å². The molecular formula is C13H10BNO4. The molecule has 0 N–H and O–H groups in total. The normalized spacial score (nSPS) is 12.6. The maximum absolute atomic E-state index is 10.7. The van der Waals surface area contributed by atoms with Crippen LogP contribution in [-0.4, -0.2) is 12.4 Å². The molecule has 0 unspecified atom stereocenters. The van der Waals surface area contributed by atoms with Crippen LogP contribution >= 0.6 is 0 Å². The first kappa shape index (κ1) is 11.7. The summed E-state index contributed by atoms with van der Waals surface area (Å²) in [6.07, 6.45) is 0. The van der Waals surface area contributed by atoms with Crippen molar-refractivity contribution in [3.63, 3.8) is 0 Å². The van der Waals surface area contributed by atoms with E-state index in [0.717, 1.165) is 11.0 Å². The molecule has 1 aliphatic rings.